The first-order valence-corrected chi connectivity index (χ1v) is 4.44. The third kappa shape index (κ3) is 2.94. The van der Waals surface area contributed by atoms with Crippen LogP contribution in [0.1, 0.15) is 5.82 Å². The number of halogens is 1. The van der Waals surface area contributed by atoms with E-state index in [-0.39, 0.29) is 0 Å². The van der Waals surface area contributed by atoms with Crippen molar-refractivity contribution in [2.24, 2.45) is 7.05 Å². The van der Waals surface area contributed by atoms with Crippen LogP contribution in [0.25, 0.3) is 0 Å². The Balaban J connectivity index is 2.27. The van der Waals surface area contributed by atoms with Gasteiger partial charge in [0, 0.05) is 11.9 Å². The zero-order chi connectivity index (χ0) is 8.10. The van der Waals surface area contributed by atoms with Gasteiger partial charge in [0.05, 0.1) is 13.6 Å². The number of tetrazole rings is 1. The molecule has 1 heterocycles. The Morgan fingerprint density at radius 3 is 3.00 bits per heavy atom. The predicted octanol–water partition coefficient (Wildman–Crippen LogP) is -0.305. The van der Waals surface area contributed by atoms with Crippen LogP contribution in [0.5, 0.6) is 0 Å². The van der Waals surface area contributed by atoms with Gasteiger partial charge in [0.15, 0.2) is 5.82 Å². The highest BCUT2D eigenvalue weighted by Gasteiger charge is 1.97. The molecule has 0 fully saturated rings. The van der Waals surface area contributed by atoms with Crippen molar-refractivity contribution in [3.63, 3.8) is 0 Å². The van der Waals surface area contributed by atoms with Crippen LogP contribution < -0.4 is 5.32 Å². The summed E-state index contributed by atoms with van der Waals surface area (Å²) in [7, 11) is 1.75. The average Bonchev–Trinajstić information content (AvgIpc) is 2.37. The van der Waals surface area contributed by atoms with E-state index in [0.717, 1.165) is 17.7 Å². The average molecular weight is 220 g/mol. The maximum absolute atomic E-state index is 4.00. The zero-order valence-corrected chi connectivity index (χ0v) is 7.87. The number of nitrogens with zero attached hydrogens (tertiary/aromatic N) is 4. The number of hydrogen-bond acceptors (Lipinski definition) is 4. The van der Waals surface area contributed by atoms with Gasteiger partial charge in [-0.1, -0.05) is 15.9 Å². The van der Waals surface area contributed by atoms with Gasteiger partial charge in [-0.05, 0) is 5.21 Å². The summed E-state index contributed by atoms with van der Waals surface area (Å²) in [5, 5.41) is 15.6. The Kier molecular flexibility index (Phi) is 3.44. The van der Waals surface area contributed by atoms with Crippen molar-refractivity contribution in [3.8, 4) is 0 Å². The van der Waals surface area contributed by atoms with E-state index in [1.165, 1.54) is 4.80 Å². The van der Waals surface area contributed by atoms with E-state index >= 15 is 0 Å². The van der Waals surface area contributed by atoms with E-state index in [0.29, 0.717) is 6.54 Å². The smallest absolute Gasteiger partial charge is 0.188 e. The SMILES string of the molecule is Cn1nnc(CNCCBr)n1. The standard InChI is InChI=1S/C5H10BrN5/c1-11-9-5(8-10-11)4-7-3-2-6/h7H,2-4H2,1H3. The van der Waals surface area contributed by atoms with Gasteiger partial charge in [-0.3, -0.25) is 0 Å². The molecule has 1 aromatic rings. The van der Waals surface area contributed by atoms with Gasteiger partial charge in [-0.2, -0.15) is 4.80 Å². The Labute approximate surface area is 73.3 Å². The molecule has 5 nitrogen and oxygen atoms in total. The first-order chi connectivity index (χ1) is 5.33. The molecular weight excluding hydrogens is 210 g/mol. The Morgan fingerprint density at radius 1 is 1.64 bits per heavy atom. The van der Waals surface area contributed by atoms with E-state index in [4.69, 9.17) is 0 Å². The van der Waals surface area contributed by atoms with Crippen molar-refractivity contribution < 1.29 is 0 Å². The van der Waals surface area contributed by atoms with Crippen LogP contribution in [0.3, 0.4) is 0 Å². The molecule has 6 heteroatoms. The molecule has 0 unspecified atom stereocenters. The van der Waals surface area contributed by atoms with E-state index in [9.17, 15) is 0 Å². The van der Waals surface area contributed by atoms with Crippen LogP contribution >= 0.6 is 15.9 Å². The number of hydrogen-bond donors (Lipinski definition) is 1. The van der Waals surface area contributed by atoms with Crippen LogP contribution in [0.4, 0.5) is 0 Å². The number of rotatable bonds is 4. The molecule has 1 N–H and O–H groups in total. The second-order valence-electron chi connectivity index (χ2n) is 2.06. The van der Waals surface area contributed by atoms with Gasteiger partial charge in [0.2, 0.25) is 0 Å². The summed E-state index contributed by atoms with van der Waals surface area (Å²) in [5.41, 5.74) is 0. The van der Waals surface area contributed by atoms with Gasteiger partial charge in [-0.25, -0.2) is 0 Å². The van der Waals surface area contributed by atoms with Crippen molar-refractivity contribution in [1.82, 2.24) is 25.5 Å². The maximum Gasteiger partial charge on any atom is 0.188 e. The summed E-state index contributed by atoms with van der Waals surface area (Å²) in [6.45, 7) is 1.59. The van der Waals surface area contributed by atoms with E-state index in [2.05, 4.69) is 36.7 Å². The molecule has 0 aliphatic carbocycles. The molecular formula is C5H10BrN5. The first-order valence-electron chi connectivity index (χ1n) is 3.32. The summed E-state index contributed by atoms with van der Waals surface area (Å²) in [4.78, 5) is 1.45. The maximum atomic E-state index is 4.00. The lowest BCUT2D eigenvalue weighted by Crippen LogP contribution is -2.16. The van der Waals surface area contributed by atoms with Gasteiger partial charge < -0.3 is 5.32 Å². The molecule has 0 saturated heterocycles. The Morgan fingerprint density at radius 2 is 2.45 bits per heavy atom. The lowest BCUT2D eigenvalue weighted by atomic mass is 10.6. The molecule has 1 rings (SSSR count). The van der Waals surface area contributed by atoms with Gasteiger partial charge >= 0.3 is 0 Å². The van der Waals surface area contributed by atoms with E-state index < -0.39 is 0 Å². The molecule has 11 heavy (non-hydrogen) atoms. The van der Waals surface area contributed by atoms with Gasteiger partial charge in [0.25, 0.3) is 0 Å². The van der Waals surface area contributed by atoms with Crippen LogP contribution in [-0.2, 0) is 13.6 Å². The number of aryl methyl sites for hydroxylation is 1. The van der Waals surface area contributed by atoms with Crippen molar-refractivity contribution in [2.75, 3.05) is 11.9 Å². The normalized spacial score (nSPS) is 10.4. The number of alkyl halides is 1. The fourth-order valence-corrected chi connectivity index (χ4v) is 0.941. The van der Waals surface area contributed by atoms with Crippen molar-refractivity contribution in [3.05, 3.63) is 5.82 Å². The second kappa shape index (κ2) is 4.40. The molecule has 0 atom stereocenters. The summed E-state index contributed by atoms with van der Waals surface area (Å²) < 4.78 is 0. The van der Waals surface area contributed by atoms with E-state index in [1.807, 2.05) is 0 Å². The molecule has 1 aromatic heterocycles. The Bertz CT molecular complexity index is 210. The van der Waals surface area contributed by atoms with Crippen LogP contribution in [0.2, 0.25) is 0 Å². The third-order valence-electron chi connectivity index (χ3n) is 1.10. The van der Waals surface area contributed by atoms with Crippen molar-refractivity contribution in [2.45, 2.75) is 6.54 Å². The summed E-state index contributed by atoms with van der Waals surface area (Å²) in [6, 6.07) is 0. The highest BCUT2D eigenvalue weighted by Crippen LogP contribution is 1.83. The monoisotopic (exact) mass is 219 g/mol. The van der Waals surface area contributed by atoms with Crippen LogP contribution in [0.15, 0.2) is 0 Å². The molecule has 0 saturated carbocycles. The fraction of sp³-hybridized carbons (Fsp3) is 0.800. The molecule has 0 amide bonds. The molecule has 62 valence electrons. The van der Waals surface area contributed by atoms with Crippen LogP contribution in [0, 0.1) is 0 Å². The molecule has 0 radical (unpaired) electrons. The Hall–Kier alpha value is -0.490. The zero-order valence-electron chi connectivity index (χ0n) is 6.29. The fourth-order valence-electron chi connectivity index (χ4n) is 0.661. The van der Waals surface area contributed by atoms with Crippen molar-refractivity contribution >= 4 is 15.9 Å². The van der Waals surface area contributed by atoms with Crippen LogP contribution in [-0.4, -0.2) is 32.1 Å². The molecule has 0 aromatic carbocycles. The minimum Gasteiger partial charge on any atom is -0.309 e. The second-order valence-corrected chi connectivity index (χ2v) is 2.85. The highest BCUT2D eigenvalue weighted by atomic mass is 79.9. The van der Waals surface area contributed by atoms with Crippen molar-refractivity contribution in [1.29, 1.82) is 0 Å². The van der Waals surface area contributed by atoms with Gasteiger partial charge in [0.1, 0.15) is 0 Å². The number of aromatic nitrogens is 4. The summed E-state index contributed by atoms with van der Waals surface area (Å²) in [5.74, 6) is 0.730. The predicted molar refractivity (Wildman–Crippen MR) is 44.3 cm³/mol. The largest absolute Gasteiger partial charge is 0.309 e. The number of nitrogens with one attached hydrogen (secondary N) is 1. The first kappa shape index (κ1) is 8.61. The lowest BCUT2D eigenvalue weighted by molar-refractivity contribution is 0.623. The molecule has 0 bridgehead atoms. The van der Waals surface area contributed by atoms with Gasteiger partial charge in [-0.15, -0.1) is 10.2 Å². The lowest BCUT2D eigenvalue weighted by Gasteiger charge is -1.94. The molecule has 0 aliphatic heterocycles. The highest BCUT2D eigenvalue weighted by molar-refractivity contribution is 9.09. The molecule has 0 aliphatic rings. The quantitative estimate of drug-likeness (QED) is 0.558. The minimum absolute atomic E-state index is 0.680. The summed E-state index contributed by atoms with van der Waals surface area (Å²) in [6.07, 6.45) is 0. The molecule has 0 spiro atoms. The minimum atomic E-state index is 0.680. The van der Waals surface area contributed by atoms with E-state index in [1.54, 1.807) is 7.05 Å². The third-order valence-corrected chi connectivity index (χ3v) is 1.50. The topological polar surface area (TPSA) is 55.6 Å². The summed E-state index contributed by atoms with van der Waals surface area (Å²) >= 11 is 3.30.